The van der Waals surface area contributed by atoms with Crippen molar-refractivity contribution < 1.29 is 23.4 Å². The first kappa shape index (κ1) is 21.6. The van der Waals surface area contributed by atoms with Crippen molar-refractivity contribution in [2.45, 2.75) is 5.92 Å². The summed E-state index contributed by atoms with van der Waals surface area (Å²) < 4.78 is 29.6. The Hall–Kier alpha value is -3.64. The van der Waals surface area contributed by atoms with Gasteiger partial charge in [-0.3, -0.25) is 0 Å². The van der Waals surface area contributed by atoms with Gasteiger partial charge in [0.25, 0.3) is 0 Å². The van der Waals surface area contributed by atoms with Crippen molar-refractivity contribution in [1.82, 2.24) is 5.32 Å². The number of methoxy groups -OCH3 is 1. The molecule has 0 unspecified atom stereocenters. The number of hydrogen-bond donors (Lipinski definition) is 1. The number of rotatable bonds is 8. The summed E-state index contributed by atoms with van der Waals surface area (Å²) in [5.74, 6) is -0.0223. The summed E-state index contributed by atoms with van der Waals surface area (Å²) in [7, 11) is 1.50. The highest BCUT2D eigenvalue weighted by atomic mass is 19.1. The largest absolute Gasteiger partial charge is 0.467 e. The second-order valence-corrected chi connectivity index (χ2v) is 7.34. The second-order valence-electron chi connectivity index (χ2n) is 7.34. The molecule has 0 radical (unpaired) electrons. The number of halogens is 1. The first-order valence-electron chi connectivity index (χ1n) is 10.3. The Morgan fingerprint density at radius 1 is 1.03 bits per heavy atom. The Morgan fingerprint density at radius 2 is 1.72 bits per heavy atom. The number of nitrogens with one attached hydrogen (secondary N) is 1. The Kier molecular flexibility index (Phi) is 6.82. The summed E-state index contributed by atoms with van der Waals surface area (Å²) in [5.41, 5.74) is 5.08. The monoisotopic (exact) mass is 433 g/mol. The van der Waals surface area contributed by atoms with Crippen LogP contribution in [0.2, 0.25) is 0 Å². The van der Waals surface area contributed by atoms with Gasteiger partial charge >= 0.3 is 6.09 Å². The van der Waals surface area contributed by atoms with Gasteiger partial charge < -0.3 is 19.5 Å². The molecule has 0 aliphatic heterocycles. The minimum atomic E-state index is -0.514. The number of carbonyl (C=O) groups is 1. The molecule has 6 heteroatoms. The van der Waals surface area contributed by atoms with E-state index in [1.807, 2.05) is 24.3 Å². The Balaban J connectivity index is 1.29. The molecule has 0 saturated carbocycles. The van der Waals surface area contributed by atoms with Crippen LogP contribution in [0.3, 0.4) is 0 Å². The predicted molar refractivity (Wildman–Crippen MR) is 121 cm³/mol. The quantitative estimate of drug-likeness (QED) is 0.486. The Bertz CT molecular complexity index is 1080. The molecule has 32 heavy (non-hydrogen) atoms. The number of fused-ring (bicyclic) bond motifs is 3. The fraction of sp³-hybridized carbons (Fsp3) is 0.192. The van der Waals surface area contributed by atoms with Crippen molar-refractivity contribution in [2.24, 2.45) is 0 Å². The minimum Gasteiger partial charge on any atom is -0.467 e. The van der Waals surface area contributed by atoms with Gasteiger partial charge in [0.2, 0.25) is 0 Å². The molecule has 0 heterocycles. The maximum Gasteiger partial charge on any atom is 0.407 e. The molecule has 1 N–H and O–H groups in total. The molecular formula is C26H24FNO4. The lowest BCUT2D eigenvalue weighted by molar-refractivity contribution is 0.0509. The Labute approximate surface area is 186 Å². The summed E-state index contributed by atoms with van der Waals surface area (Å²) in [6, 6.07) is 20.9. The number of alkyl carbamates (subject to hydrolysis) is 1. The van der Waals surface area contributed by atoms with Gasteiger partial charge in [0, 0.05) is 31.2 Å². The van der Waals surface area contributed by atoms with E-state index in [9.17, 15) is 9.18 Å². The summed E-state index contributed by atoms with van der Waals surface area (Å²) in [4.78, 5) is 12.2. The lowest BCUT2D eigenvalue weighted by Gasteiger charge is -2.14. The predicted octanol–water partition coefficient (Wildman–Crippen LogP) is 5.36. The van der Waals surface area contributed by atoms with Crippen molar-refractivity contribution in [3.8, 4) is 16.9 Å². The maximum absolute atomic E-state index is 14.1. The van der Waals surface area contributed by atoms with Crippen LogP contribution >= 0.6 is 0 Å². The smallest absolute Gasteiger partial charge is 0.407 e. The van der Waals surface area contributed by atoms with E-state index in [2.05, 4.69) is 29.6 Å². The summed E-state index contributed by atoms with van der Waals surface area (Å²) in [6.07, 6.45) is 2.75. The van der Waals surface area contributed by atoms with E-state index in [0.717, 1.165) is 11.1 Å². The third kappa shape index (κ3) is 4.81. The number of ether oxygens (including phenoxy) is 3. The summed E-state index contributed by atoms with van der Waals surface area (Å²) >= 11 is 0. The summed E-state index contributed by atoms with van der Waals surface area (Å²) in [6.45, 7) is 0.526. The van der Waals surface area contributed by atoms with E-state index < -0.39 is 11.9 Å². The Morgan fingerprint density at radius 3 is 2.38 bits per heavy atom. The molecule has 0 saturated heterocycles. The van der Waals surface area contributed by atoms with Gasteiger partial charge in [-0.2, -0.15) is 0 Å². The molecule has 3 aromatic rings. The van der Waals surface area contributed by atoms with Crippen molar-refractivity contribution in [2.75, 3.05) is 27.1 Å². The molecule has 0 bridgehead atoms. The summed E-state index contributed by atoms with van der Waals surface area (Å²) in [5, 5.41) is 2.67. The fourth-order valence-electron chi connectivity index (χ4n) is 3.84. The minimum absolute atomic E-state index is 0.0108. The normalized spacial score (nSPS) is 12.4. The molecule has 5 nitrogen and oxygen atoms in total. The molecule has 0 atom stereocenters. The van der Waals surface area contributed by atoms with Crippen LogP contribution in [0, 0.1) is 5.82 Å². The van der Waals surface area contributed by atoms with Crippen LogP contribution in [0.25, 0.3) is 17.2 Å². The molecule has 0 aromatic heterocycles. The zero-order chi connectivity index (χ0) is 22.3. The van der Waals surface area contributed by atoms with Crippen molar-refractivity contribution >= 4 is 12.2 Å². The van der Waals surface area contributed by atoms with Gasteiger partial charge in [0.15, 0.2) is 6.79 Å². The van der Waals surface area contributed by atoms with Crippen LogP contribution in [-0.2, 0) is 9.47 Å². The van der Waals surface area contributed by atoms with Gasteiger partial charge in [-0.1, -0.05) is 60.7 Å². The van der Waals surface area contributed by atoms with Gasteiger partial charge in [0.1, 0.15) is 18.2 Å². The zero-order valence-electron chi connectivity index (χ0n) is 17.7. The average molecular weight is 433 g/mol. The number of carbonyl (C=O) groups excluding carboxylic acids is 1. The van der Waals surface area contributed by atoms with Gasteiger partial charge in [-0.15, -0.1) is 0 Å². The maximum atomic E-state index is 14.1. The molecule has 1 aliphatic rings. The third-order valence-electron chi connectivity index (χ3n) is 5.32. The first-order chi connectivity index (χ1) is 15.7. The van der Waals surface area contributed by atoms with Crippen LogP contribution in [0.15, 0.2) is 72.8 Å². The SMILES string of the molecule is COCOc1ccc(C=CCNC(=O)OCC2c3ccccc3-c3ccccc32)c(F)c1. The van der Waals surface area contributed by atoms with Crippen LogP contribution in [0.5, 0.6) is 5.75 Å². The fourth-order valence-corrected chi connectivity index (χ4v) is 3.84. The second kappa shape index (κ2) is 10.1. The van der Waals surface area contributed by atoms with E-state index in [1.54, 1.807) is 24.3 Å². The van der Waals surface area contributed by atoms with Gasteiger partial charge in [-0.25, -0.2) is 9.18 Å². The highest BCUT2D eigenvalue weighted by molar-refractivity contribution is 5.79. The molecular weight excluding hydrogens is 409 g/mol. The van der Waals surface area contributed by atoms with E-state index in [1.165, 1.54) is 24.3 Å². The third-order valence-corrected chi connectivity index (χ3v) is 5.32. The highest BCUT2D eigenvalue weighted by Crippen LogP contribution is 2.44. The van der Waals surface area contributed by atoms with E-state index in [4.69, 9.17) is 14.2 Å². The average Bonchev–Trinajstić information content (AvgIpc) is 3.14. The van der Waals surface area contributed by atoms with Crippen molar-refractivity contribution in [3.05, 3.63) is 95.3 Å². The van der Waals surface area contributed by atoms with E-state index in [0.29, 0.717) is 11.3 Å². The molecule has 1 amide bonds. The molecule has 164 valence electrons. The number of hydrogen-bond acceptors (Lipinski definition) is 4. The number of benzene rings is 3. The molecule has 1 aliphatic carbocycles. The highest BCUT2D eigenvalue weighted by Gasteiger charge is 2.28. The van der Waals surface area contributed by atoms with Crippen LogP contribution in [-0.4, -0.2) is 33.1 Å². The lowest BCUT2D eigenvalue weighted by Crippen LogP contribution is -2.26. The van der Waals surface area contributed by atoms with Crippen molar-refractivity contribution in [1.29, 1.82) is 0 Å². The molecule has 3 aromatic carbocycles. The van der Waals surface area contributed by atoms with Gasteiger partial charge in [-0.05, 0) is 34.4 Å². The topological polar surface area (TPSA) is 56.8 Å². The molecule has 0 fully saturated rings. The lowest BCUT2D eigenvalue weighted by atomic mass is 9.98. The van der Waals surface area contributed by atoms with Crippen LogP contribution in [0.4, 0.5) is 9.18 Å². The molecule has 0 spiro atoms. The van der Waals surface area contributed by atoms with E-state index >= 15 is 0 Å². The molecule has 4 rings (SSSR count). The van der Waals surface area contributed by atoms with Crippen LogP contribution in [0.1, 0.15) is 22.6 Å². The number of amides is 1. The van der Waals surface area contributed by atoms with E-state index in [-0.39, 0.29) is 25.9 Å². The van der Waals surface area contributed by atoms with Crippen molar-refractivity contribution in [3.63, 3.8) is 0 Å². The van der Waals surface area contributed by atoms with Crippen LogP contribution < -0.4 is 10.1 Å². The zero-order valence-corrected chi connectivity index (χ0v) is 17.7. The van der Waals surface area contributed by atoms with Gasteiger partial charge in [0.05, 0.1) is 0 Å². The standard InChI is InChI=1S/C26H24FNO4/c1-30-17-32-19-13-12-18(25(27)15-19)7-6-14-28-26(29)31-16-24-22-10-4-2-8-20(22)21-9-3-5-11-23(21)24/h2-13,15,24H,14,16-17H2,1H3,(H,28,29). The first-order valence-corrected chi connectivity index (χ1v) is 10.3.